The second-order valence-corrected chi connectivity index (χ2v) is 7.17. The highest BCUT2D eigenvalue weighted by molar-refractivity contribution is 6.31. The maximum atomic E-state index is 12.4. The first-order chi connectivity index (χ1) is 13.9. The first kappa shape index (κ1) is 20.8. The number of hydrogen-bond acceptors (Lipinski definition) is 4. The Labute approximate surface area is 175 Å². The lowest BCUT2D eigenvalue weighted by molar-refractivity contribution is -0.116. The van der Waals surface area contributed by atoms with Crippen molar-refractivity contribution in [3.63, 3.8) is 0 Å². The van der Waals surface area contributed by atoms with Gasteiger partial charge in [0.15, 0.2) is 11.5 Å². The summed E-state index contributed by atoms with van der Waals surface area (Å²) in [6.07, 6.45) is 2.27. The van der Waals surface area contributed by atoms with Crippen LogP contribution < -0.4 is 14.8 Å². The summed E-state index contributed by atoms with van der Waals surface area (Å²) in [4.78, 5) is 12.4. The minimum Gasteiger partial charge on any atom is -0.493 e. The van der Waals surface area contributed by atoms with E-state index in [1.807, 2.05) is 44.2 Å². The Bertz CT molecular complexity index is 1070. The third-order valence-electron chi connectivity index (χ3n) is 4.73. The largest absolute Gasteiger partial charge is 0.493 e. The number of fused-ring (bicyclic) bond motifs is 1. The third kappa shape index (κ3) is 4.74. The molecule has 1 heterocycles. The highest BCUT2D eigenvalue weighted by Gasteiger charge is 2.14. The van der Waals surface area contributed by atoms with Crippen LogP contribution in [0.4, 0.5) is 0 Å². The molecule has 1 N–H and O–H groups in total. The molecule has 5 nitrogen and oxygen atoms in total. The van der Waals surface area contributed by atoms with Gasteiger partial charge in [-0.1, -0.05) is 17.7 Å². The molecule has 1 amide bonds. The van der Waals surface area contributed by atoms with E-state index in [0.29, 0.717) is 29.5 Å². The molecule has 152 valence electrons. The van der Waals surface area contributed by atoms with Gasteiger partial charge in [-0.15, -0.1) is 0 Å². The number of nitrogens with one attached hydrogen (secondary N) is 1. The van der Waals surface area contributed by atoms with Gasteiger partial charge < -0.3 is 19.2 Å². The highest BCUT2D eigenvalue weighted by atomic mass is 35.5. The van der Waals surface area contributed by atoms with Gasteiger partial charge in [-0.25, -0.2) is 0 Å². The molecule has 0 aliphatic rings. The molecule has 0 aliphatic heterocycles. The van der Waals surface area contributed by atoms with E-state index in [1.165, 1.54) is 0 Å². The number of carbonyl (C=O) groups is 1. The number of furan rings is 1. The van der Waals surface area contributed by atoms with Crippen LogP contribution in [0.1, 0.15) is 23.8 Å². The Morgan fingerprint density at radius 1 is 1.14 bits per heavy atom. The van der Waals surface area contributed by atoms with Crippen molar-refractivity contribution >= 4 is 34.1 Å². The van der Waals surface area contributed by atoms with Crippen molar-refractivity contribution in [3.05, 3.63) is 64.4 Å². The number of amides is 1. The Morgan fingerprint density at radius 2 is 1.90 bits per heavy atom. The quantitative estimate of drug-likeness (QED) is 0.542. The van der Waals surface area contributed by atoms with E-state index in [1.54, 1.807) is 26.4 Å². The average molecular weight is 414 g/mol. The first-order valence-corrected chi connectivity index (χ1v) is 9.66. The number of allylic oxidation sites excluding steroid dienone is 1. The topological polar surface area (TPSA) is 60.7 Å². The van der Waals surface area contributed by atoms with Crippen LogP contribution >= 0.6 is 11.6 Å². The van der Waals surface area contributed by atoms with Crippen LogP contribution in [0.15, 0.2) is 46.9 Å². The Morgan fingerprint density at radius 3 is 2.62 bits per heavy atom. The summed E-state index contributed by atoms with van der Waals surface area (Å²) in [5.41, 5.74) is 3.53. The summed E-state index contributed by atoms with van der Waals surface area (Å²) in [7, 11) is 3.21. The van der Waals surface area contributed by atoms with Crippen LogP contribution in [-0.2, 0) is 11.2 Å². The van der Waals surface area contributed by atoms with Crippen LogP contribution in [0.5, 0.6) is 11.5 Å². The van der Waals surface area contributed by atoms with Gasteiger partial charge in [-0.3, -0.25) is 4.79 Å². The predicted molar refractivity (Wildman–Crippen MR) is 116 cm³/mol. The summed E-state index contributed by atoms with van der Waals surface area (Å²) in [5, 5.41) is 4.46. The van der Waals surface area contributed by atoms with Crippen molar-refractivity contribution in [2.45, 2.75) is 20.3 Å². The molecule has 3 rings (SSSR count). The van der Waals surface area contributed by atoms with Crippen molar-refractivity contribution in [1.29, 1.82) is 0 Å². The first-order valence-electron chi connectivity index (χ1n) is 9.29. The third-order valence-corrected chi connectivity index (χ3v) is 4.96. The number of carbonyl (C=O) groups excluding carboxylic acids is 1. The van der Waals surface area contributed by atoms with E-state index in [2.05, 4.69) is 5.32 Å². The molecule has 0 atom stereocenters. The molecule has 0 aliphatic carbocycles. The van der Waals surface area contributed by atoms with Crippen molar-refractivity contribution in [2.75, 3.05) is 20.8 Å². The molecule has 3 aromatic rings. The second kappa shape index (κ2) is 9.05. The van der Waals surface area contributed by atoms with Gasteiger partial charge in [-0.2, -0.15) is 0 Å². The Kier molecular flexibility index (Phi) is 6.49. The van der Waals surface area contributed by atoms with Gasteiger partial charge in [0.25, 0.3) is 0 Å². The van der Waals surface area contributed by atoms with Gasteiger partial charge in [-0.05, 0) is 61.7 Å². The van der Waals surface area contributed by atoms with Gasteiger partial charge in [0.1, 0.15) is 11.3 Å². The minimum absolute atomic E-state index is 0.154. The number of rotatable bonds is 7. The Balaban J connectivity index is 1.67. The fourth-order valence-corrected chi connectivity index (χ4v) is 3.54. The molecule has 0 saturated heterocycles. The fourth-order valence-electron chi connectivity index (χ4n) is 3.37. The lowest BCUT2D eigenvalue weighted by Gasteiger charge is -2.10. The molecule has 0 bridgehead atoms. The second-order valence-electron chi connectivity index (χ2n) is 6.73. The SMILES string of the molecule is COc1ccc(CCNC(=O)C=C(C)c2c(C)oc3ccc(Cl)cc23)cc1OC. The van der Waals surface area contributed by atoms with Gasteiger partial charge in [0, 0.05) is 28.6 Å². The van der Waals surface area contributed by atoms with Crippen LogP contribution in [0.3, 0.4) is 0 Å². The van der Waals surface area contributed by atoms with Crippen molar-refractivity contribution < 1.29 is 18.7 Å². The van der Waals surface area contributed by atoms with Crippen LogP contribution in [0.2, 0.25) is 5.02 Å². The summed E-state index contributed by atoms with van der Waals surface area (Å²) >= 11 is 6.12. The van der Waals surface area contributed by atoms with E-state index in [4.69, 9.17) is 25.5 Å². The predicted octanol–water partition coefficient (Wildman–Crippen LogP) is 5.17. The van der Waals surface area contributed by atoms with Crippen LogP contribution in [0, 0.1) is 6.92 Å². The van der Waals surface area contributed by atoms with Crippen LogP contribution in [-0.4, -0.2) is 26.7 Å². The number of hydrogen-bond donors (Lipinski definition) is 1. The van der Waals surface area contributed by atoms with E-state index in [-0.39, 0.29) is 5.91 Å². The number of ether oxygens (including phenoxy) is 2. The Hall–Kier alpha value is -2.92. The molecule has 0 saturated carbocycles. The van der Waals surface area contributed by atoms with Crippen molar-refractivity contribution in [3.8, 4) is 11.5 Å². The standard InChI is InChI=1S/C23H24ClNO4/c1-14(23-15(2)29-19-8-6-17(24)13-18(19)23)11-22(26)25-10-9-16-5-7-20(27-3)21(12-16)28-4/h5-8,11-13H,9-10H2,1-4H3,(H,25,26). The van der Waals surface area contributed by atoms with Gasteiger partial charge >= 0.3 is 0 Å². The summed E-state index contributed by atoms with van der Waals surface area (Å²) in [6.45, 7) is 4.29. The molecule has 6 heteroatoms. The zero-order valence-electron chi connectivity index (χ0n) is 17.0. The number of benzene rings is 2. The molecule has 29 heavy (non-hydrogen) atoms. The molecule has 0 fully saturated rings. The molecule has 0 radical (unpaired) electrons. The van der Waals surface area contributed by atoms with E-state index in [9.17, 15) is 4.79 Å². The molecular weight excluding hydrogens is 390 g/mol. The maximum absolute atomic E-state index is 12.4. The normalized spacial score (nSPS) is 11.6. The van der Waals surface area contributed by atoms with E-state index >= 15 is 0 Å². The maximum Gasteiger partial charge on any atom is 0.244 e. The number of methoxy groups -OCH3 is 2. The lowest BCUT2D eigenvalue weighted by Crippen LogP contribution is -2.23. The molecule has 0 unspecified atom stereocenters. The van der Waals surface area contributed by atoms with Crippen molar-refractivity contribution in [1.82, 2.24) is 5.32 Å². The summed E-state index contributed by atoms with van der Waals surface area (Å²) in [6, 6.07) is 11.2. The monoisotopic (exact) mass is 413 g/mol. The van der Waals surface area contributed by atoms with E-state index < -0.39 is 0 Å². The fraction of sp³-hybridized carbons (Fsp3) is 0.261. The van der Waals surface area contributed by atoms with Gasteiger partial charge in [0.05, 0.1) is 14.2 Å². The zero-order valence-corrected chi connectivity index (χ0v) is 17.7. The molecule has 2 aromatic carbocycles. The molecule has 0 spiro atoms. The smallest absolute Gasteiger partial charge is 0.244 e. The lowest BCUT2D eigenvalue weighted by atomic mass is 10.0. The molecule has 1 aromatic heterocycles. The zero-order chi connectivity index (χ0) is 21.0. The summed E-state index contributed by atoms with van der Waals surface area (Å²) < 4.78 is 16.3. The van der Waals surface area contributed by atoms with E-state index in [0.717, 1.165) is 33.4 Å². The minimum atomic E-state index is -0.154. The number of halogens is 1. The number of aryl methyl sites for hydroxylation is 1. The highest BCUT2D eigenvalue weighted by Crippen LogP contribution is 2.32. The molecular formula is C23H24ClNO4. The van der Waals surface area contributed by atoms with Crippen molar-refractivity contribution in [2.24, 2.45) is 0 Å². The van der Waals surface area contributed by atoms with Gasteiger partial charge in [0.2, 0.25) is 5.91 Å². The van der Waals surface area contributed by atoms with Crippen LogP contribution in [0.25, 0.3) is 16.5 Å². The summed E-state index contributed by atoms with van der Waals surface area (Å²) in [5.74, 6) is 1.96. The average Bonchev–Trinajstić information content (AvgIpc) is 3.02.